The van der Waals surface area contributed by atoms with Crippen molar-refractivity contribution in [3.8, 4) is 0 Å². The summed E-state index contributed by atoms with van der Waals surface area (Å²) in [5.41, 5.74) is 1.03. The monoisotopic (exact) mass is 234 g/mol. The van der Waals surface area contributed by atoms with Gasteiger partial charge in [-0.15, -0.1) is 0 Å². The van der Waals surface area contributed by atoms with E-state index in [-0.39, 0.29) is 6.09 Å². The minimum Gasteiger partial charge on any atom is -0.445 e. The van der Waals surface area contributed by atoms with Crippen molar-refractivity contribution in [2.75, 3.05) is 32.8 Å². The molecule has 0 bridgehead atoms. The number of hydrogen-bond donors (Lipinski definition) is 1. The molecule has 1 heterocycles. The maximum absolute atomic E-state index is 11.7. The second kappa shape index (κ2) is 6.25. The Hall–Kier alpha value is -1.55. The van der Waals surface area contributed by atoms with Gasteiger partial charge in [0.15, 0.2) is 0 Å². The van der Waals surface area contributed by atoms with Crippen LogP contribution in [0.25, 0.3) is 0 Å². The molecular weight excluding hydrogens is 216 g/mol. The second-order valence-corrected chi connectivity index (χ2v) is 4.10. The van der Waals surface area contributed by atoms with Crippen LogP contribution in [0.4, 0.5) is 4.79 Å². The van der Waals surface area contributed by atoms with E-state index in [4.69, 9.17) is 4.74 Å². The number of carbonyl (C=O) groups excluding carboxylic acids is 1. The average molecular weight is 234 g/mol. The fourth-order valence-electron chi connectivity index (χ4n) is 1.80. The fourth-order valence-corrected chi connectivity index (χ4v) is 1.80. The SMILES string of the molecule is O=C(OCC1=CC=CCC=C1)N1CCNCC1. The minimum atomic E-state index is -0.214. The lowest BCUT2D eigenvalue weighted by Gasteiger charge is -2.26. The van der Waals surface area contributed by atoms with Crippen LogP contribution < -0.4 is 5.32 Å². The maximum atomic E-state index is 11.7. The normalized spacial score (nSPS) is 19.8. The van der Waals surface area contributed by atoms with Crippen molar-refractivity contribution in [2.45, 2.75) is 6.42 Å². The lowest BCUT2D eigenvalue weighted by atomic mass is 10.2. The Kier molecular flexibility index (Phi) is 4.38. The first-order valence-corrected chi connectivity index (χ1v) is 6.01. The van der Waals surface area contributed by atoms with Gasteiger partial charge in [-0.3, -0.25) is 0 Å². The molecule has 17 heavy (non-hydrogen) atoms. The van der Waals surface area contributed by atoms with Crippen LogP contribution in [-0.2, 0) is 4.74 Å². The summed E-state index contributed by atoms with van der Waals surface area (Å²) in [5.74, 6) is 0. The van der Waals surface area contributed by atoms with Crippen LogP contribution >= 0.6 is 0 Å². The van der Waals surface area contributed by atoms with E-state index in [0.717, 1.165) is 38.2 Å². The van der Waals surface area contributed by atoms with Crippen molar-refractivity contribution in [3.05, 3.63) is 36.0 Å². The molecule has 0 aromatic rings. The highest BCUT2D eigenvalue weighted by Crippen LogP contribution is 2.06. The first kappa shape index (κ1) is 11.9. The third-order valence-electron chi connectivity index (χ3n) is 2.79. The molecule has 1 aliphatic carbocycles. The fraction of sp³-hybridized carbons (Fsp3) is 0.462. The van der Waals surface area contributed by atoms with Crippen LogP contribution in [-0.4, -0.2) is 43.8 Å². The highest BCUT2D eigenvalue weighted by Gasteiger charge is 2.17. The molecule has 1 saturated heterocycles. The van der Waals surface area contributed by atoms with Gasteiger partial charge in [-0.1, -0.05) is 30.4 Å². The molecular formula is C13H18N2O2. The van der Waals surface area contributed by atoms with Gasteiger partial charge in [0.2, 0.25) is 0 Å². The average Bonchev–Trinajstić information content (AvgIpc) is 2.65. The van der Waals surface area contributed by atoms with E-state index in [2.05, 4.69) is 17.5 Å². The number of nitrogens with one attached hydrogen (secondary N) is 1. The first-order chi connectivity index (χ1) is 8.36. The van der Waals surface area contributed by atoms with E-state index in [1.54, 1.807) is 4.90 Å². The highest BCUT2D eigenvalue weighted by molar-refractivity contribution is 5.68. The van der Waals surface area contributed by atoms with Gasteiger partial charge in [-0.05, 0) is 12.0 Å². The molecule has 1 N–H and O–H groups in total. The minimum absolute atomic E-state index is 0.214. The summed E-state index contributed by atoms with van der Waals surface area (Å²) in [7, 11) is 0. The summed E-state index contributed by atoms with van der Waals surface area (Å²) in [5, 5.41) is 3.20. The number of ether oxygens (including phenoxy) is 1. The predicted octanol–water partition coefficient (Wildman–Crippen LogP) is 1.47. The van der Waals surface area contributed by atoms with Gasteiger partial charge in [-0.25, -0.2) is 4.79 Å². The standard InChI is InChI=1S/C13H18N2O2/c16-13(15-9-7-14-8-10-15)17-11-12-5-3-1-2-4-6-12/h1,3-6,14H,2,7-11H2. The first-order valence-electron chi connectivity index (χ1n) is 6.01. The summed E-state index contributed by atoms with van der Waals surface area (Å²) in [6.07, 6.45) is 10.8. The predicted molar refractivity (Wildman–Crippen MR) is 66.8 cm³/mol. The highest BCUT2D eigenvalue weighted by atomic mass is 16.6. The van der Waals surface area contributed by atoms with E-state index < -0.39 is 0 Å². The van der Waals surface area contributed by atoms with Crippen LogP contribution in [0, 0.1) is 0 Å². The van der Waals surface area contributed by atoms with Crippen LogP contribution in [0.5, 0.6) is 0 Å². The molecule has 0 aromatic carbocycles. The molecule has 2 rings (SSSR count). The number of amides is 1. The number of piperazine rings is 1. The molecule has 1 aliphatic heterocycles. The molecule has 4 nitrogen and oxygen atoms in total. The van der Waals surface area contributed by atoms with E-state index >= 15 is 0 Å². The Bertz CT molecular complexity index is 352. The zero-order valence-corrected chi connectivity index (χ0v) is 9.89. The summed E-state index contributed by atoms with van der Waals surface area (Å²) in [6, 6.07) is 0. The zero-order chi connectivity index (χ0) is 11.9. The third kappa shape index (κ3) is 3.75. The number of rotatable bonds is 2. The van der Waals surface area contributed by atoms with E-state index in [9.17, 15) is 4.79 Å². The summed E-state index contributed by atoms with van der Waals surface area (Å²) < 4.78 is 5.28. The van der Waals surface area contributed by atoms with Crippen molar-refractivity contribution < 1.29 is 9.53 Å². The van der Waals surface area contributed by atoms with Gasteiger partial charge in [0.1, 0.15) is 6.61 Å². The molecule has 1 fully saturated rings. The Labute approximate surface area is 102 Å². The van der Waals surface area contributed by atoms with Crippen molar-refractivity contribution in [1.82, 2.24) is 10.2 Å². The Balaban J connectivity index is 1.79. The van der Waals surface area contributed by atoms with Gasteiger partial charge >= 0.3 is 6.09 Å². The van der Waals surface area contributed by atoms with Crippen molar-refractivity contribution in [2.24, 2.45) is 0 Å². The van der Waals surface area contributed by atoms with Crippen LogP contribution in [0.1, 0.15) is 6.42 Å². The quantitative estimate of drug-likeness (QED) is 0.786. The maximum Gasteiger partial charge on any atom is 0.410 e. The molecule has 92 valence electrons. The lowest BCUT2D eigenvalue weighted by Crippen LogP contribution is -2.46. The summed E-state index contributed by atoms with van der Waals surface area (Å²) in [4.78, 5) is 13.5. The molecule has 1 amide bonds. The summed E-state index contributed by atoms with van der Waals surface area (Å²) >= 11 is 0. The molecule has 4 heteroatoms. The second-order valence-electron chi connectivity index (χ2n) is 4.10. The van der Waals surface area contributed by atoms with Gasteiger partial charge in [0.25, 0.3) is 0 Å². The van der Waals surface area contributed by atoms with Crippen LogP contribution in [0.3, 0.4) is 0 Å². The largest absolute Gasteiger partial charge is 0.445 e. The molecule has 0 saturated carbocycles. The Morgan fingerprint density at radius 1 is 1.35 bits per heavy atom. The van der Waals surface area contributed by atoms with Gasteiger partial charge in [-0.2, -0.15) is 0 Å². The van der Waals surface area contributed by atoms with Crippen molar-refractivity contribution >= 4 is 6.09 Å². The van der Waals surface area contributed by atoms with Crippen molar-refractivity contribution in [3.63, 3.8) is 0 Å². The van der Waals surface area contributed by atoms with Crippen molar-refractivity contribution in [1.29, 1.82) is 0 Å². The molecule has 0 unspecified atom stereocenters. The topological polar surface area (TPSA) is 41.6 Å². The number of hydrogen-bond acceptors (Lipinski definition) is 3. The van der Waals surface area contributed by atoms with Crippen LogP contribution in [0.2, 0.25) is 0 Å². The van der Waals surface area contributed by atoms with E-state index in [1.165, 1.54) is 0 Å². The van der Waals surface area contributed by atoms with E-state index in [0.29, 0.717) is 6.61 Å². The molecule has 0 aromatic heterocycles. The van der Waals surface area contributed by atoms with Gasteiger partial charge in [0.05, 0.1) is 0 Å². The molecule has 0 atom stereocenters. The summed E-state index contributed by atoms with van der Waals surface area (Å²) in [6.45, 7) is 3.51. The third-order valence-corrected chi connectivity index (χ3v) is 2.79. The number of allylic oxidation sites excluding steroid dienone is 4. The zero-order valence-electron chi connectivity index (χ0n) is 9.89. The molecule has 0 spiro atoms. The lowest BCUT2D eigenvalue weighted by molar-refractivity contribution is 0.106. The molecule has 2 aliphatic rings. The molecule has 0 radical (unpaired) electrons. The van der Waals surface area contributed by atoms with Crippen LogP contribution in [0.15, 0.2) is 36.0 Å². The van der Waals surface area contributed by atoms with Gasteiger partial charge in [0, 0.05) is 26.2 Å². The smallest absolute Gasteiger partial charge is 0.410 e. The number of nitrogens with zero attached hydrogens (tertiary/aromatic N) is 1. The number of carbonyl (C=O) groups is 1. The Morgan fingerprint density at radius 3 is 3.00 bits per heavy atom. The van der Waals surface area contributed by atoms with Gasteiger partial charge < -0.3 is 15.0 Å². The Morgan fingerprint density at radius 2 is 2.18 bits per heavy atom. The van der Waals surface area contributed by atoms with E-state index in [1.807, 2.05) is 18.2 Å².